The van der Waals surface area contributed by atoms with E-state index in [0.717, 1.165) is 51.1 Å². The lowest BCUT2D eigenvalue weighted by Gasteiger charge is -2.21. The normalized spacial score (nSPS) is 11.6. The van der Waals surface area contributed by atoms with E-state index < -0.39 is 0 Å². The number of rotatable bonds is 32. The molecule has 5 heteroatoms. The molecule has 0 unspecified atom stereocenters. The average Bonchev–Trinajstić information content (AvgIpc) is 2.93. The minimum atomic E-state index is 0.0282. The minimum absolute atomic E-state index is 0.0282. The van der Waals surface area contributed by atoms with Crippen molar-refractivity contribution in [3.05, 3.63) is 0 Å². The summed E-state index contributed by atoms with van der Waals surface area (Å²) in [5.74, 6) is 1.03. The molecule has 39 heavy (non-hydrogen) atoms. The highest BCUT2D eigenvalue weighted by molar-refractivity contribution is 7.80. The molecule has 0 aliphatic heterocycles. The molecule has 234 valence electrons. The van der Waals surface area contributed by atoms with Gasteiger partial charge in [-0.3, -0.25) is 4.79 Å². The van der Waals surface area contributed by atoms with Crippen LogP contribution in [0.3, 0.4) is 0 Å². The lowest BCUT2D eigenvalue weighted by atomic mass is 10.0. The second-order valence-corrected chi connectivity index (χ2v) is 12.2. The summed E-state index contributed by atoms with van der Waals surface area (Å²) in [6.07, 6.45) is 30.3. The van der Waals surface area contributed by atoms with Gasteiger partial charge in [0.15, 0.2) is 0 Å². The standard InChI is InChI=1S/C34H69NO3S/c1-3-5-7-9-13-19-25-33(26-20-14-10-8-6-4-2)38-34(37)27-21-15-11-16-22-28-35(30-31-36)29-23-17-12-18-24-32-39/h33,36,39H,3-32H2,1-2H3. The third-order valence-electron chi connectivity index (χ3n) is 7.96. The van der Waals surface area contributed by atoms with Gasteiger partial charge in [0, 0.05) is 13.0 Å². The molecule has 0 saturated carbocycles. The first kappa shape index (κ1) is 38.7. The van der Waals surface area contributed by atoms with Crippen LogP contribution in [0.2, 0.25) is 0 Å². The van der Waals surface area contributed by atoms with Crippen LogP contribution in [0.25, 0.3) is 0 Å². The van der Waals surface area contributed by atoms with Crippen LogP contribution >= 0.6 is 12.6 Å². The van der Waals surface area contributed by atoms with E-state index in [0.29, 0.717) is 6.42 Å². The first-order valence-electron chi connectivity index (χ1n) is 17.3. The van der Waals surface area contributed by atoms with Crippen molar-refractivity contribution in [1.29, 1.82) is 0 Å². The molecule has 4 nitrogen and oxygen atoms in total. The molecule has 0 spiro atoms. The van der Waals surface area contributed by atoms with Gasteiger partial charge in [0.05, 0.1) is 6.61 Å². The molecule has 0 amide bonds. The van der Waals surface area contributed by atoms with Gasteiger partial charge in [-0.2, -0.15) is 12.6 Å². The third kappa shape index (κ3) is 29.0. The van der Waals surface area contributed by atoms with Gasteiger partial charge in [-0.1, -0.05) is 117 Å². The number of carbonyl (C=O) groups is 1. The zero-order valence-corrected chi connectivity index (χ0v) is 27.3. The van der Waals surface area contributed by atoms with Crippen molar-refractivity contribution in [2.45, 2.75) is 180 Å². The lowest BCUT2D eigenvalue weighted by molar-refractivity contribution is -0.150. The molecule has 0 saturated heterocycles. The Morgan fingerprint density at radius 3 is 1.54 bits per heavy atom. The highest BCUT2D eigenvalue weighted by Gasteiger charge is 2.14. The SMILES string of the molecule is CCCCCCCCC(CCCCCCCC)OC(=O)CCCCCCCN(CCO)CCCCCCCS. The topological polar surface area (TPSA) is 49.8 Å². The second kappa shape index (κ2) is 32.3. The summed E-state index contributed by atoms with van der Waals surface area (Å²) in [5, 5.41) is 9.39. The number of esters is 1. The van der Waals surface area contributed by atoms with E-state index in [2.05, 4.69) is 31.4 Å². The Balaban J connectivity index is 4.04. The molecule has 0 aliphatic carbocycles. The lowest BCUT2D eigenvalue weighted by Crippen LogP contribution is -2.29. The molecule has 0 bridgehead atoms. The summed E-state index contributed by atoms with van der Waals surface area (Å²) in [6, 6.07) is 0. The zero-order chi connectivity index (χ0) is 28.7. The Kier molecular flexibility index (Phi) is 32.0. The monoisotopic (exact) mass is 571 g/mol. The molecular weight excluding hydrogens is 502 g/mol. The van der Waals surface area contributed by atoms with Crippen LogP contribution in [0.4, 0.5) is 0 Å². The molecule has 0 heterocycles. The Hall–Kier alpha value is -0.260. The summed E-state index contributed by atoms with van der Waals surface area (Å²) in [7, 11) is 0. The van der Waals surface area contributed by atoms with Gasteiger partial charge in [0.2, 0.25) is 0 Å². The number of hydrogen-bond donors (Lipinski definition) is 2. The summed E-state index contributed by atoms with van der Waals surface area (Å²) < 4.78 is 5.99. The van der Waals surface area contributed by atoms with E-state index in [4.69, 9.17) is 4.74 Å². The highest BCUT2D eigenvalue weighted by atomic mass is 32.1. The van der Waals surface area contributed by atoms with Crippen molar-refractivity contribution in [3.8, 4) is 0 Å². The maximum absolute atomic E-state index is 12.6. The largest absolute Gasteiger partial charge is 0.462 e. The van der Waals surface area contributed by atoms with E-state index >= 15 is 0 Å². The maximum atomic E-state index is 12.6. The van der Waals surface area contributed by atoms with Gasteiger partial charge in [-0.15, -0.1) is 0 Å². The van der Waals surface area contributed by atoms with Crippen molar-refractivity contribution in [1.82, 2.24) is 4.90 Å². The third-order valence-corrected chi connectivity index (χ3v) is 8.28. The summed E-state index contributed by atoms with van der Waals surface area (Å²) in [4.78, 5) is 15.0. The molecule has 0 aliphatic rings. The molecule has 0 aromatic heterocycles. The molecule has 0 atom stereocenters. The minimum Gasteiger partial charge on any atom is -0.462 e. The van der Waals surface area contributed by atoms with Crippen LogP contribution in [0, 0.1) is 0 Å². The molecule has 0 aromatic carbocycles. The summed E-state index contributed by atoms with van der Waals surface area (Å²) >= 11 is 4.28. The van der Waals surface area contributed by atoms with Crippen molar-refractivity contribution in [2.24, 2.45) is 0 Å². The fourth-order valence-electron chi connectivity index (χ4n) is 5.40. The number of carbonyl (C=O) groups excluding carboxylic acids is 1. The Labute approximate surface area is 250 Å². The maximum Gasteiger partial charge on any atom is 0.306 e. The number of aliphatic hydroxyl groups is 1. The van der Waals surface area contributed by atoms with E-state index in [-0.39, 0.29) is 18.7 Å². The van der Waals surface area contributed by atoms with Crippen LogP contribution in [0.1, 0.15) is 174 Å². The molecule has 0 aromatic rings. The number of hydrogen-bond acceptors (Lipinski definition) is 5. The van der Waals surface area contributed by atoms with Gasteiger partial charge in [0.1, 0.15) is 6.10 Å². The van der Waals surface area contributed by atoms with Gasteiger partial charge < -0.3 is 14.7 Å². The number of thiol groups is 1. The van der Waals surface area contributed by atoms with Gasteiger partial charge in [-0.05, 0) is 70.2 Å². The van der Waals surface area contributed by atoms with Crippen LogP contribution in [-0.4, -0.2) is 54.1 Å². The number of aliphatic hydroxyl groups excluding tert-OH is 1. The Morgan fingerprint density at radius 2 is 1.05 bits per heavy atom. The van der Waals surface area contributed by atoms with E-state index in [1.165, 1.54) is 128 Å². The number of unbranched alkanes of at least 4 members (excludes halogenated alkanes) is 18. The molecule has 1 N–H and O–H groups in total. The van der Waals surface area contributed by atoms with Crippen molar-refractivity contribution >= 4 is 18.6 Å². The number of ether oxygens (including phenoxy) is 1. The van der Waals surface area contributed by atoms with Crippen LogP contribution < -0.4 is 0 Å². The molecule has 0 radical (unpaired) electrons. The van der Waals surface area contributed by atoms with E-state index in [1.807, 2.05) is 0 Å². The molecule has 0 fully saturated rings. The smallest absolute Gasteiger partial charge is 0.306 e. The van der Waals surface area contributed by atoms with E-state index in [1.54, 1.807) is 0 Å². The molecular formula is C34H69NO3S. The first-order chi connectivity index (χ1) is 19.2. The molecule has 0 rings (SSSR count). The van der Waals surface area contributed by atoms with Gasteiger partial charge in [0.25, 0.3) is 0 Å². The van der Waals surface area contributed by atoms with Crippen LogP contribution in [0.5, 0.6) is 0 Å². The first-order valence-corrected chi connectivity index (χ1v) is 17.9. The van der Waals surface area contributed by atoms with Crippen LogP contribution in [-0.2, 0) is 9.53 Å². The second-order valence-electron chi connectivity index (χ2n) is 11.8. The number of nitrogens with zero attached hydrogens (tertiary/aromatic N) is 1. The van der Waals surface area contributed by atoms with Crippen molar-refractivity contribution in [3.63, 3.8) is 0 Å². The predicted molar refractivity (Wildman–Crippen MR) is 174 cm³/mol. The van der Waals surface area contributed by atoms with Gasteiger partial charge in [-0.25, -0.2) is 0 Å². The van der Waals surface area contributed by atoms with Crippen LogP contribution in [0.15, 0.2) is 0 Å². The fraction of sp³-hybridized carbons (Fsp3) is 0.971. The Bertz CT molecular complexity index is 475. The van der Waals surface area contributed by atoms with Gasteiger partial charge >= 0.3 is 5.97 Å². The fourth-order valence-corrected chi connectivity index (χ4v) is 5.62. The van der Waals surface area contributed by atoms with E-state index in [9.17, 15) is 9.90 Å². The summed E-state index contributed by atoms with van der Waals surface area (Å²) in [6.45, 7) is 7.75. The Morgan fingerprint density at radius 1 is 0.615 bits per heavy atom. The highest BCUT2D eigenvalue weighted by Crippen LogP contribution is 2.18. The van der Waals surface area contributed by atoms with Crippen molar-refractivity contribution in [2.75, 3.05) is 32.0 Å². The quantitative estimate of drug-likeness (QED) is 0.0479. The average molecular weight is 572 g/mol. The van der Waals surface area contributed by atoms with Crippen molar-refractivity contribution < 1.29 is 14.6 Å². The zero-order valence-electron chi connectivity index (χ0n) is 26.4. The predicted octanol–water partition coefficient (Wildman–Crippen LogP) is 9.91. The summed E-state index contributed by atoms with van der Waals surface area (Å²) in [5.41, 5.74) is 0.